The first-order chi connectivity index (χ1) is 13.6. The number of furan rings is 1. The Morgan fingerprint density at radius 1 is 1.21 bits per heavy atom. The van der Waals surface area contributed by atoms with Crippen molar-refractivity contribution in [3.63, 3.8) is 0 Å². The van der Waals surface area contributed by atoms with Crippen LogP contribution in [0.5, 0.6) is 5.88 Å². The van der Waals surface area contributed by atoms with Crippen molar-refractivity contribution < 1.29 is 13.9 Å². The van der Waals surface area contributed by atoms with Gasteiger partial charge in [-0.25, -0.2) is 14.5 Å². The van der Waals surface area contributed by atoms with Gasteiger partial charge in [-0.2, -0.15) is 0 Å². The van der Waals surface area contributed by atoms with E-state index in [9.17, 15) is 4.79 Å². The highest BCUT2D eigenvalue weighted by Crippen LogP contribution is 2.44. The molecule has 0 spiro atoms. The minimum absolute atomic E-state index is 0.0968. The number of hydrogen-bond acceptors (Lipinski definition) is 7. The molecule has 28 heavy (non-hydrogen) atoms. The number of aromatic nitrogens is 5. The number of carbonyl (C=O) groups excluding carboxylic acids is 1. The van der Waals surface area contributed by atoms with E-state index in [4.69, 9.17) is 14.1 Å². The third-order valence-electron chi connectivity index (χ3n) is 4.74. The van der Waals surface area contributed by atoms with Gasteiger partial charge in [-0.15, -0.1) is 5.10 Å². The van der Waals surface area contributed by atoms with Gasteiger partial charge in [-0.3, -0.25) is 9.78 Å². The zero-order valence-corrected chi connectivity index (χ0v) is 15.2. The second kappa shape index (κ2) is 6.12. The third-order valence-corrected chi connectivity index (χ3v) is 4.74. The first-order valence-electron chi connectivity index (χ1n) is 8.72. The molecule has 0 aromatic carbocycles. The van der Waals surface area contributed by atoms with Crippen molar-refractivity contribution >= 4 is 11.4 Å². The molecule has 5 heterocycles. The Balaban J connectivity index is 1.79. The summed E-state index contributed by atoms with van der Waals surface area (Å²) in [6.07, 6.45) is 6.50. The molecule has 1 aliphatic heterocycles. The number of Topliss-reactive ketones (excluding diaryl/α,β-unsaturated/α-hetero) is 1. The SMILES string of the molecule is CC(=O)C1=C(C)Oc2ncn3nc(-c4ccncc4)nc3c2[C@H]1c1ccco1. The number of allylic oxidation sites excluding steroid dienone is 2. The summed E-state index contributed by atoms with van der Waals surface area (Å²) >= 11 is 0. The normalized spacial score (nSPS) is 16.1. The van der Waals surface area contributed by atoms with Crippen molar-refractivity contribution in [1.82, 2.24) is 24.6 Å². The summed E-state index contributed by atoms with van der Waals surface area (Å²) < 4.78 is 13.1. The van der Waals surface area contributed by atoms with Crippen LogP contribution in [0.3, 0.4) is 0 Å². The molecule has 0 N–H and O–H groups in total. The summed E-state index contributed by atoms with van der Waals surface area (Å²) in [6, 6.07) is 7.29. The van der Waals surface area contributed by atoms with Crippen LogP contribution in [0.25, 0.3) is 17.0 Å². The molecule has 138 valence electrons. The van der Waals surface area contributed by atoms with Gasteiger partial charge in [0.25, 0.3) is 0 Å². The van der Waals surface area contributed by atoms with Gasteiger partial charge in [0.05, 0.1) is 17.7 Å². The lowest BCUT2D eigenvalue weighted by atomic mass is 9.85. The third kappa shape index (κ3) is 2.42. The molecule has 0 fully saturated rings. The van der Waals surface area contributed by atoms with Gasteiger partial charge >= 0.3 is 0 Å². The van der Waals surface area contributed by atoms with Crippen LogP contribution < -0.4 is 4.74 Å². The van der Waals surface area contributed by atoms with Gasteiger partial charge < -0.3 is 9.15 Å². The number of hydrogen-bond donors (Lipinski definition) is 0. The maximum Gasteiger partial charge on any atom is 0.228 e. The summed E-state index contributed by atoms with van der Waals surface area (Å²) in [5.41, 5.74) is 2.56. The Hall–Kier alpha value is -3.81. The lowest BCUT2D eigenvalue weighted by Crippen LogP contribution is -2.21. The van der Waals surface area contributed by atoms with Gasteiger partial charge in [0.15, 0.2) is 17.3 Å². The summed E-state index contributed by atoms with van der Waals surface area (Å²) in [6.45, 7) is 3.27. The van der Waals surface area contributed by atoms with E-state index in [0.717, 1.165) is 5.56 Å². The van der Waals surface area contributed by atoms with Gasteiger partial charge in [0.2, 0.25) is 5.88 Å². The van der Waals surface area contributed by atoms with E-state index < -0.39 is 5.92 Å². The maximum atomic E-state index is 12.4. The van der Waals surface area contributed by atoms with Crippen LogP contribution in [0.2, 0.25) is 0 Å². The van der Waals surface area contributed by atoms with Crippen molar-refractivity contribution in [3.8, 4) is 17.3 Å². The average Bonchev–Trinajstić information content (AvgIpc) is 3.37. The molecule has 0 aliphatic carbocycles. The summed E-state index contributed by atoms with van der Waals surface area (Å²) in [7, 11) is 0. The van der Waals surface area contributed by atoms with E-state index in [-0.39, 0.29) is 5.78 Å². The second-order valence-corrected chi connectivity index (χ2v) is 6.48. The fourth-order valence-electron chi connectivity index (χ4n) is 3.56. The van der Waals surface area contributed by atoms with Gasteiger partial charge in [0, 0.05) is 23.5 Å². The molecule has 0 bridgehead atoms. The molecule has 5 rings (SSSR count). The quantitative estimate of drug-likeness (QED) is 0.544. The van der Waals surface area contributed by atoms with Crippen LogP contribution in [0, 0.1) is 0 Å². The maximum absolute atomic E-state index is 12.4. The van der Waals surface area contributed by atoms with Crippen LogP contribution in [-0.4, -0.2) is 30.3 Å². The standard InChI is InChI=1S/C20H15N5O3/c1-11(26)15-12(2)28-20-17(16(15)14-4-3-9-27-14)19-23-18(24-25(19)10-22-20)13-5-7-21-8-6-13/h3-10,16H,1-2H3/t16-/m0/s1. The van der Waals surface area contributed by atoms with Crippen molar-refractivity contribution in [3.05, 3.63) is 71.9 Å². The van der Waals surface area contributed by atoms with Crippen LogP contribution in [0.4, 0.5) is 0 Å². The monoisotopic (exact) mass is 373 g/mol. The van der Waals surface area contributed by atoms with Crippen molar-refractivity contribution in [1.29, 1.82) is 0 Å². The average molecular weight is 373 g/mol. The summed E-state index contributed by atoms with van der Waals surface area (Å²) in [4.78, 5) is 25.6. The lowest BCUT2D eigenvalue weighted by Gasteiger charge is -2.26. The number of fused-ring (bicyclic) bond motifs is 3. The Morgan fingerprint density at radius 3 is 2.75 bits per heavy atom. The molecular weight excluding hydrogens is 358 g/mol. The minimum Gasteiger partial charge on any atom is -0.468 e. The Morgan fingerprint density at radius 2 is 2.04 bits per heavy atom. The molecule has 8 heteroatoms. The van der Waals surface area contributed by atoms with Crippen molar-refractivity contribution in [2.24, 2.45) is 0 Å². The van der Waals surface area contributed by atoms with Crippen LogP contribution in [0.15, 0.2) is 65.0 Å². The molecule has 0 amide bonds. The van der Waals surface area contributed by atoms with E-state index in [1.807, 2.05) is 18.2 Å². The highest BCUT2D eigenvalue weighted by atomic mass is 16.5. The molecule has 0 saturated carbocycles. The molecule has 0 saturated heterocycles. The number of ether oxygens (including phenoxy) is 1. The number of pyridine rings is 1. The summed E-state index contributed by atoms with van der Waals surface area (Å²) in [5.74, 6) is 1.49. The Bertz CT molecular complexity index is 1230. The van der Waals surface area contributed by atoms with E-state index in [1.165, 1.54) is 6.92 Å². The zero-order chi connectivity index (χ0) is 19.3. The molecular formula is C20H15N5O3. The lowest BCUT2D eigenvalue weighted by molar-refractivity contribution is -0.114. The zero-order valence-electron chi connectivity index (χ0n) is 15.2. The Labute approximate surface area is 159 Å². The molecule has 1 atom stereocenters. The number of rotatable bonds is 3. The van der Waals surface area contributed by atoms with E-state index in [0.29, 0.717) is 40.0 Å². The predicted molar refractivity (Wildman–Crippen MR) is 98.6 cm³/mol. The van der Waals surface area contributed by atoms with Gasteiger partial charge in [0.1, 0.15) is 17.8 Å². The number of ketones is 1. The fraction of sp³-hybridized carbons (Fsp3) is 0.150. The van der Waals surface area contributed by atoms with Crippen molar-refractivity contribution in [2.45, 2.75) is 19.8 Å². The topological polar surface area (TPSA) is 95.4 Å². The van der Waals surface area contributed by atoms with Crippen molar-refractivity contribution in [2.75, 3.05) is 0 Å². The second-order valence-electron chi connectivity index (χ2n) is 6.48. The van der Waals surface area contributed by atoms with E-state index in [1.54, 1.807) is 42.5 Å². The molecule has 1 aliphatic rings. The molecule has 0 radical (unpaired) electrons. The van der Waals surface area contributed by atoms with Gasteiger partial charge in [-0.1, -0.05) is 0 Å². The van der Waals surface area contributed by atoms with Crippen LogP contribution >= 0.6 is 0 Å². The first-order valence-corrected chi connectivity index (χ1v) is 8.72. The van der Waals surface area contributed by atoms with E-state index >= 15 is 0 Å². The smallest absolute Gasteiger partial charge is 0.228 e. The highest BCUT2D eigenvalue weighted by Gasteiger charge is 2.37. The first kappa shape index (κ1) is 16.4. The summed E-state index contributed by atoms with van der Waals surface area (Å²) in [5, 5.41) is 4.52. The van der Waals surface area contributed by atoms with Crippen LogP contribution in [-0.2, 0) is 4.79 Å². The number of nitrogens with zero attached hydrogens (tertiary/aromatic N) is 5. The number of carbonyl (C=O) groups is 1. The Kier molecular flexibility index (Phi) is 3.58. The predicted octanol–water partition coefficient (Wildman–Crippen LogP) is 3.17. The van der Waals surface area contributed by atoms with Gasteiger partial charge in [-0.05, 0) is 38.1 Å². The van der Waals surface area contributed by atoms with E-state index in [2.05, 4.69) is 15.1 Å². The van der Waals surface area contributed by atoms with Crippen LogP contribution in [0.1, 0.15) is 31.1 Å². The highest BCUT2D eigenvalue weighted by molar-refractivity contribution is 5.97. The molecule has 8 nitrogen and oxygen atoms in total. The fourth-order valence-corrected chi connectivity index (χ4v) is 3.56. The largest absolute Gasteiger partial charge is 0.468 e. The molecule has 4 aromatic rings. The molecule has 0 unspecified atom stereocenters. The minimum atomic E-state index is -0.470. The molecule has 4 aromatic heterocycles.